The summed E-state index contributed by atoms with van der Waals surface area (Å²) in [4.78, 5) is 22.0. The van der Waals surface area contributed by atoms with E-state index in [0.717, 1.165) is 7.11 Å². The number of esters is 1. The molecule has 0 fully saturated rings. The van der Waals surface area contributed by atoms with E-state index in [1.165, 1.54) is 24.5 Å². The van der Waals surface area contributed by atoms with Crippen LogP contribution >= 0.6 is 0 Å². The number of hydrogen-bond acceptors (Lipinski definition) is 6. The van der Waals surface area contributed by atoms with Crippen LogP contribution in [0.4, 0.5) is 5.69 Å². The lowest BCUT2D eigenvalue weighted by atomic mass is 10.1. The monoisotopic (exact) mass is 277 g/mol. The van der Waals surface area contributed by atoms with Crippen molar-refractivity contribution in [3.8, 4) is 5.75 Å². The minimum Gasteiger partial charge on any atom is -0.479 e. The zero-order valence-electron chi connectivity index (χ0n) is 10.6. The Hall–Kier alpha value is -2.83. The average Bonchev–Trinajstić information content (AvgIpc) is 2.96. The number of nitrogens with zero attached hydrogens (tertiary/aromatic N) is 1. The van der Waals surface area contributed by atoms with Crippen LogP contribution in [0.15, 0.2) is 41.0 Å². The third kappa shape index (κ3) is 2.77. The van der Waals surface area contributed by atoms with E-state index in [9.17, 15) is 14.9 Å². The molecular weight excluding hydrogens is 266 g/mol. The molecule has 0 spiro atoms. The van der Waals surface area contributed by atoms with Crippen molar-refractivity contribution in [1.82, 2.24) is 0 Å². The number of methoxy groups -OCH3 is 1. The van der Waals surface area contributed by atoms with Crippen LogP contribution in [0.5, 0.6) is 5.75 Å². The van der Waals surface area contributed by atoms with Crippen LogP contribution < -0.4 is 4.74 Å². The van der Waals surface area contributed by atoms with Gasteiger partial charge in [-0.15, -0.1) is 0 Å². The van der Waals surface area contributed by atoms with Gasteiger partial charge in [-0.05, 0) is 24.3 Å². The lowest BCUT2D eigenvalue weighted by Crippen LogP contribution is -2.07. The van der Waals surface area contributed by atoms with Gasteiger partial charge in [-0.2, -0.15) is 0 Å². The van der Waals surface area contributed by atoms with Gasteiger partial charge in [0.05, 0.1) is 18.3 Å². The number of carbonyl (C=O) groups excluding carboxylic acids is 1. The normalized spacial score (nSPS) is 10.1. The Morgan fingerprint density at radius 3 is 2.75 bits per heavy atom. The Balaban J connectivity index is 2.32. The van der Waals surface area contributed by atoms with Crippen molar-refractivity contribution in [3.05, 3.63) is 58.0 Å². The molecule has 0 atom stereocenters. The van der Waals surface area contributed by atoms with Crippen LogP contribution in [0.25, 0.3) is 0 Å². The minimum atomic E-state index is -0.792. The Morgan fingerprint density at radius 1 is 1.35 bits per heavy atom. The summed E-state index contributed by atoms with van der Waals surface area (Å²) in [6.45, 7) is 0.0263. The van der Waals surface area contributed by atoms with E-state index >= 15 is 0 Å². The standard InChI is InChI=1S/C13H11NO6/c1-18-13(15)10-5-2-6-11(12(10)14(16)17)20-8-9-4-3-7-19-9/h2-7H,8H2,1H3. The summed E-state index contributed by atoms with van der Waals surface area (Å²) in [6, 6.07) is 7.56. The lowest BCUT2D eigenvalue weighted by molar-refractivity contribution is -0.386. The molecule has 1 aromatic carbocycles. The maximum atomic E-state index is 11.5. The van der Waals surface area contributed by atoms with Crippen LogP contribution in [-0.2, 0) is 11.3 Å². The van der Waals surface area contributed by atoms with Gasteiger partial charge in [0.2, 0.25) is 0 Å². The van der Waals surface area contributed by atoms with E-state index < -0.39 is 16.6 Å². The zero-order chi connectivity index (χ0) is 14.5. The molecule has 104 valence electrons. The predicted molar refractivity (Wildman–Crippen MR) is 67.5 cm³/mol. The molecule has 0 unspecified atom stereocenters. The molecule has 7 heteroatoms. The highest BCUT2D eigenvalue weighted by atomic mass is 16.6. The van der Waals surface area contributed by atoms with E-state index in [0.29, 0.717) is 5.76 Å². The van der Waals surface area contributed by atoms with E-state index in [1.807, 2.05) is 0 Å². The van der Waals surface area contributed by atoms with Crippen molar-refractivity contribution in [2.24, 2.45) is 0 Å². The van der Waals surface area contributed by atoms with Crippen molar-refractivity contribution >= 4 is 11.7 Å². The predicted octanol–water partition coefficient (Wildman–Crippen LogP) is 2.55. The zero-order valence-corrected chi connectivity index (χ0v) is 10.6. The van der Waals surface area contributed by atoms with Crippen molar-refractivity contribution in [2.75, 3.05) is 7.11 Å². The number of rotatable bonds is 5. The molecule has 7 nitrogen and oxygen atoms in total. The van der Waals surface area contributed by atoms with Crippen LogP contribution in [-0.4, -0.2) is 18.0 Å². The molecule has 1 heterocycles. The van der Waals surface area contributed by atoms with Crippen LogP contribution in [0.3, 0.4) is 0 Å². The fourth-order valence-electron chi connectivity index (χ4n) is 1.65. The lowest BCUT2D eigenvalue weighted by Gasteiger charge is -2.07. The molecule has 0 saturated carbocycles. The number of furan rings is 1. The molecule has 0 aliphatic carbocycles. The Morgan fingerprint density at radius 2 is 2.15 bits per heavy atom. The fourth-order valence-corrected chi connectivity index (χ4v) is 1.65. The van der Waals surface area contributed by atoms with Crippen LogP contribution in [0, 0.1) is 10.1 Å². The number of carbonyl (C=O) groups is 1. The Labute approximate surface area is 113 Å². The molecular formula is C13H11NO6. The Bertz CT molecular complexity index is 620. The first-order valence-corrected chi connectivity index (χ1v) is 5.64. The van der Waals surface area contributed by atoms with Gasteiger partial charge >= 0.3 is 11.7 Å². The van der Waals surface area contributed by atoms with E-state index in [-0.39, 0.29) is 17.9 Å². The molecule has 20 heavy (non-hydrogen) atoms. The highest BCUT2D eigenvalue weighted by molar-refractivity contribution is 5.95. The summed E-state index contributed by atoms with van der Waals surface area (Å²) < 4.78 is 14.9. The molecule has 0 bridgehead atoms. The molecule has 1 aromatic heterocycles. The summed E-state index contributed by atoms with van der Waals surface area (Å²) in [6.07, 6.45) is 1.47. The molecule has 0 aliphatic heterocycles. The maximum Gasteiger partial charge on any atom is 0.345 e. The number of benzene rings is 1. The highest BCUT2D eigenvalue weighted by Crippen LogP contribution is 2.31. The molecule has 0 saturated heterocycles. The third-order valence-corrected chi connectivity index (χ3v) is 2.54. The van der Waals surface area contributed by atoms with Crippen molar-refractivity contribution in [1.29, 1.82) is 0 Å². The first kappa shape index (κ1) is 13.6. The quantitative estimate of drug-likeness (QED) is 0.473. The number of nitro benzene ring substituents is 1. The van der Waals surface area contributed by atoms with E-state index in [4.69, 9.17) is 9.15 Å². The summed E-state index contributed by atoms with van der Waals surface area (Å²) >= 11 is 0. The number of nitro groups is 1. The first-order chi connectivity index (χ1) is 9.63. The van der Waals surface area contributed by atoms with E-state index in [2.05, 4.69) is 4.74 Å². The molecule has 2 aromatic rings. The van der Waals surface area contributed by atoms with Crippen molar-refractivity contribution in [3.63, 3.8) is 0 Å². The summed E-state index contributed by atoms with van der Waals surface area (Å²) in [5, 5.41) is 11.1. The van der Waals surface area contributed by atoms with Gasteiger partial charge in [0.15, 0.2) is 5.75 Å². The second-order valence-corrected chi connectivity index (χ2v) is 3.77. The van der Waals surface area contributed by atoms with Gasteiger partial charge in [0.1, 0.15) is 17.9 Å². The van der Waals surface area contributed by atoms with Crippen molar-refractivity contribution < 1.29 is 23.6 Å². The summed E-state index contributed by atoms with van der Waals surface area (Å²) in [5.74, 6) is -0.294. The minimum absolute atomic E-state index is 0.0192. The Kier molecular flexibility index (Phi) is 3.99. The van der Waals surface area contributed by atoms with Gasteiger partial charge in [-0.3, -0.25) is 10.1 Å². The first-order valence-electron chi connectivity index (χ1n) is 5.64. The SMILES string of the molecule is COC(=O)c1cccc(OCc2ccco2)c1[N+](=O)[O-]. The molecule has 0 radical (unpaired) electrons. The van der Waals surface area contributed by atoms with Gasteiger partial charge in [-0.1, -0.05) is 6.07 Å². The number of ether oxygens (including phenoxy) is 2. The fraction of sp³-hybridized carbons (Fsp3) is 0.154. The smallest absolute Gasteiger partial charge is 0.345 e. The molecule has 0 amide bonds. The van der Waals surface area contributed by atoms with Gasteiger partial charge in [0.25, 0.3) is 0 Å². The number of para-hydroxylation sites is 1. The molecule has 0 N–H and O–H groups in total. The van der Waals surface area contributed by atoms with Gasteiger partial charge in [0, 0.05) is 0 Å². The topological polar surface area (TPSA) is 91.8 Å². The largest absolute Gasteiger partial charge is 0.479 e. The van der Waals surface area contributed by atoms with Crippen LogP contribution in [0.1, 0.15) is 16.1 Å². The second kappa shape index (κ2) is 5.87. The summed E-state index contributed by atoms with van der Waals surface area (Å²) in [5.41, 5.74) is -0.583. The van der Waals surface area contributed by atoms with Crippen molar-refractivity contribution in [2.45, 2.75) is 6.61 Å². The van der Waals surface area contributed by atoms with Gasteiger partial charge < -0.3 is 13.9 Å². The third-order valence-electron chi connectivity index (χ3n) is 2.54. The highest BCUT2D eigenvalue weighted by Gasteiger charge is 2.26. The van der Waals surface area contributed by atoms with E-state index in [1.54, 1.807) is 12.1 Å². The maximum absolute atomic E-state index is 11.5. The summed E-state index contributed by atoms with van der Waals surface area (Å²) in [7, 11) is 1.16. The number of hydrogen-bond donors (Lipinski definition) is 0. The van der Waals surface area contributed by atoms with Gasteiger partial charge in [-0.25, -0.2) is 4.79 Å². The average molecular weight is 277 g/mol. The van der Waals surface area contributed by atoms with Crippen LogP contribution in [0.2, 0.25) is 0 Å². The molecule has 2 rings (SSSR count). The second-order valence-electron chi connectivity index (χ2n) is 3.77. The molecule has 0 aliphatic rings.